The van der Waals surface area contributed by atoms with E-state index in [1.54, 1.807) is 30.3 Å². The molecule has 0 bridgehead atoms. The summed E-state index contributed by atoms with van der Waals surface area (Å²) in [6, 6.07) is 8.50. The van der Waals surface area contributed by atoms with E-state index in [1.807, 2.05) is 0 Å². The number of nitrogens with two attached hydrogens (primary N) is 2. The van der Waals surface area contributed by atoms with Gasteiger partial charge in [0, 0.05) is 0 Å². The van der Waals surface area contributed by atoms with Crippen molar-refractivity contribution >= 4 is 17.5 Å². The molecule has 1 aliphatic rings. The fourth-order valence-electron chi connectivity index (χ4n) is 1.61. The third-order valence-corrected chi connectivity index (χ3v) is 2.46. The smallest absolute Gasteiger partial charge is 0.271 e. The minimum Gasteiger partial charge on any atom is -0.364 e. The molecule has 1 heterocycles. The number of hydrogen-bond donors (Lipinski definition) is 3. The lowest BCUT2D eigenvalue weighted by Crippen LogP contribution is -2.54. The molecule has 2 rings (SSSR count). The van der Waals surface area contributed by atoms with E-state index in [1.165, 1.54) is 0 Å². The largest absolute Gasteiger partial charge is 0.364 e. The third kappa shape index (κ3) is 1.28. The van der Waals surface area contributed by atoms with Crippen molar-refractivity contribution in [2.45, 2.75) is 5.54 Å². The fraction of sp³-hybridized carbons (Fsp3) is 0.100. The van der Waals surface area contributed by atoms with Crippen molar-refractivity contribution in [2.24, 2.45) is 16.6 Å². The van der Waals surface area contributed by atoms with Gasteiger partial charge in [-0.1, -0.05) is 30.3 Å². The summed E-state index contributed by atoms with van der Waals surface area (Å²) in [5, 5.41) is 3.56. The summed E-state index contributed by atoms with van der Waals surface area (Å²) in [4.78, 5) is 22.8. The van der Waals surface area contributed by atoms with Gasteiger partial charge in [-0.15, -0.1) is 0 Å². The van der Waals surface area contributed by atoms with Crippen molar-refractivity contribution < 1.29 is 9.59 Å². The predicted molar refractivity (Wildman–Crippen MR) is 57.1 cm³/mol. The quantitative estimate of drug-likeness (QED) is 0.580. The van der Waals surface area contributed by atoms with Crippen LogP contribution in [0.2, 0.25) is 0 Å². The second-order valence-corrected chi connectivity index (χ2v) is 3.44. The Morgan fingerprint density at radius 3 is 2.50 bits per heavy atom. The zero-order valence-electron chi connectivity index (χ0n) is 8.31. The molecule has 6 heteroatoms. The lowest BCUT2D eigenvalue weighted by atomic mass is 9.86. The van der Waals surface area contributed by atoms with Crippen LogP contribution in [0.4, 0.5) is 0 Å². The first-order valence-electron chi connectivity index (χ1n) is 4.59. The van der Waals surface area contributed by atoms with Crippen molar-refractivity contribution in [1.82, 2.24) is 5.43 Å². The van der Waals surface area contributed by atoms with Gasteiger partial charge in [0.2, 0.25) is 0 Å². The molecule has 0 saturated heterocycles. The summed E-state index contributed by atoms with van der Waals surface area (Å²) in [5.74, 6) is -1.38. The number of benzene rings is 1. The molecule has 0 aromatic heterocycles. The lowest BCUT2D eigenvalue weighted by Gasteiger charge is -2.21. The first kappa shape index (κ1) is 10.3. The maximum absolute atomic E-state index is 11.7. The van der Waals surface area contributed by atoms with Crippen LogP contribution in [0, 0.1) is 0 Å². The molecular weight excluding hydrogens is 208 g/mol. The van der Waals surface area contributed by atoms with Gasteiger partial charge in [-0.05, 0) is 5.56 Å². The number of carbonyl (C=O) groups excluding carboxylic acids is 2. The van der Waals surface area contributed by atoms with Crippen LogP contribution in [-0.2, 0) is 15.1 Å². The van der Waals surface area contributed by atoms with Crippen LogP contribution in [0.1, 0.15) is 5.56 Å². The zero-order valence-corrected chi connectivity index (χ0v) is 8.31. The van der Waals surface area contributed by atoms with E-state index in [-0.39, 0.29) is 5.71 Å². The molecule has 1 unspecified atom stereocenters. The van der Waals surface area contributed by atoms with Crippen LogP contribution < -0.4 is 16.9 Å². The normalized spacial score (nSPS) is 23.8. The molecule has 6 nitrogen and oxygen atoms in total. The van der Waals surface area contributed by atoms with E-state index in [4.69, 9.17) is 11.5 Å². The van der Waals surface area contributed by atoms with E-state index in [2.05, 4.69) is 10.5 Å². The zero-order chi connectivity index (χ0) is 11.8. The number of carbonyl (C=O) groups is 2. The van der Waals surface area contributed by atoms with Gasteiger partial charge in [0.25, 0.3) is 11.8 Å². The highest BCUT2D eigenvalue weighted by Gasteiger charge is 2.48. The highest BCUT2D eigenvalue weighted by molar-refractivity contribution is 6.47. The first-order chi connectivity index (χ1) is 7.56. The maximum Gasteiger partial charge on any atom is 0.271 e. The second kappa shape index (κ2) is 3.42. The predicted octanol–water partition coefficient (Wildman–Crippen LogP) is -1.19. The number of amides is 2. The average molecular weight is 218 g/mol. The molecule has 0 saturated carbocycles. The molecule has 1 aromatic carbocycles. The molecule has 1 aromatic rings. The van der Waals surface area contributed by atoms with Gasteiger partial charge in [-0.25, -0.2) is 5.43 Å². The topological polar surface area (TPSA) is 111 Å². The van der Waals surface area contributed by atoms with Crippen LogP contribution in [-0.4, -0.2) is 17.5 Å². The van der Waals surface area contributed by atoms with E-state index in [0.29, 0.717) is 5.56 Å². The SMILES string of the molecule is NC(=O)C1=NNC(=O)C1(N)c1ccccc1. The maximum atomic E-state index is 11.7. The van der Waals surface area contributed by atoms with Gasteiger partial charge in [-0.2, -0.15) is 5.10 Å². The Morgan fingerprint density at radius 1 is 1.31 bits per heavy atom. The van der Waals surface area contributed by atoms with Gasteiger partial charge in [-0.3, -0.25) is 9.59 Å². The molecule has 5 N–H and O–H groups in total. The van der Waals surface area contributed by atoms with Gasteiger partial charge in [0.05, 0.1) is 0 Å². The van der Waals surface area contributed by atoms with Gasteiger partial charge in [0.15, 0.2) is 11.3 Å². The van der Waals surface area contributed by atoms with E-state index < -0.39 is 17.4 Å². The Morgan fingerprint density at radius 2 is 1.94 bits per heavy atom. The summed E-state index contributed by atoms with van der Waals surface area (Å²) < 4.78 is 0. The molecule has 82 valence electrons. The summed E-state index contributed by atoms with van der Waals surface area (Å²) in [5.41, 5.74) is 11.9. The molecule has 1 aliphatic heterocycles. The summed E-state index contributed by atoms with van der Waals surface area (Å²) >= 11 is 0. The average Bonchev–Trinajstić information content (AvgIpc) is 2.58. The Labute approximate surface area is 91.3 Å². The molecule has 2 amide bonds. The lowest BCUT2D eigenvalue weighted by molar-refractivity contribution is -0.124. The van der Waals surface area contributed by atoms with Crippen LogP contribution in [0.3, 0.4) is 0 Å². The van der Waals surface area contributed by atoms with E-state index in [9.17, 15) is 9.59 Å². The molecule has 0 fully saturated rings. The minimum atomic E-state index is -1.59. The van der Waals surface area contributed by atoms with Gasteiger partial charge in [0.1, 0.15) is 0 Å². The molecule has 0 radical (unpaired) electrons. The first-order valence-corrected chi connectivity index (χ1v) is 4.59. The summed E-state index contributed by atoms with van der Waals surface area (Å²) in [6.07, 6.45) is 0. The highest BCUT2D eigenvalue weighted by Crippen LogP contribution is 2.23. The number of nitrogens with one attached hydrogen (secondary N) is 1. The molecule has 0 aliphatic carbocycles. The Hall–Kier alpha value is -2.21. The van der Waals surface area contributed by atoms with Crippen molar-refractivity contribution in [2.75, 3.05) is 0 Å². The summed E-state index contributed by atoms with van der Waals surface area (Å²) in [6.45, 7) is 0. The standard InChI is InChI=1S/C10H10N4O2/c11-8(15)7-10(12,9(16)14-13-7)6-4-2-1-3-5-6/h1-5H,12H2,(H2,11,15)(H,14,16). The van der Waals surface area contributed by atoms with Crippen molar-refractivity contribution in [3.63, 3.8) is 0 Å². The van der Waals surface area contributed by atoms with E-state index in [0.717, 1.165) is 0 Å². The number of hydrazone groups is 1. The monoisotopic (exact) mass is 218 g/mol. The van der Waals surface area contributed by atoms with E-state index >= 15 is 0 Å². The van der Waals surface area contributed by atoms with Gasteiger partial charge < -0.3 is 11.5 Å². The Bertz CT molecular complexity index is 483. The molecule has 16 heavy (non-hydrogen) atoms. The molecule has 1 atom stereocenters. The van der Waals surface area contributed by atoms with Crippen LogP contribution >= 0.6 is 0 Å². The number of nitrogens with zero attached hydrogens (tertiary/aromatic N) is 1. The minimum absolute atomic E-state index is 0.177. The third-order valence-electron chi connectivity index (χ3n) is 2.46. The number of rotatable bonds is 2. The highest BCUT2D eigenvalue weighted by atomic mass is 16.2. The van der Waals surface area contributed by atoms with Gasteiger partial charge >= 0.3 is 0 Å². The van der Waals surface area contributed by atoms with Crippen molar-refractivity contribution in [3.05, 3.63) is 35.9 Å². The Kier molecular flexibility index (Phi) is 2.21. The number of hydrogen-bond acceptors (Lipinski definition) is 4. The van der Waals surface area contributed by atoms with Crippen molar-refractivity contribution in [3.8, 4) is 0 Å². The van der Waals surface area contributed by atoms with Crippen LogP contribution in [0.25, 0.3) is 0 Å². The van der Waals surface area contributed by atoms with Crippen molar-refractivity contribution in [1.29, 1.82) is 0 Å². The molecule has 0 spiro atoms. The second-order valence-electron chi connectivity index (χ2n) is 3.44. The molecular formula is C10H10N4O2. The summed E-state index contributed by atoms with van der Waals surface area (Å²) in [7, 11) is 0. The van der Waals surface area contributed by atoms with Crippen LogP contribution in [0.5, 0.6) is 0 Å². The Balaban J connectivity index is 2.55. The van der Waals surface area contributed by atoms with Crippen LogP contribution in [0.15, 0.2) is 35.4 Å². The number of primary amides is 1. The fourth-order valence-corrected chi connectivity index (χ4v) is 1.61.